The monoisotopic (exact) mass is 213 g/mol. The molecule has 1 fully saturated rings. The highest BCUT2D eigenvalue weighted by molar-refractivity contribution is 5.80. The van der Waals surface area contributed by atoms with Crippen molar-refractivity contribution >= 4 is 5.91 Å². The van der Waals surface area contributed by atoms with Crippen molar-refractivity contribution in [3.05, 3.63) is 0 Å². The minimum Gasteiger partial charge on any atom is -0.365 e. The number of carbonyl (C=O) groups is 1. The summed E-state index contributed by atoms with van der Waals surface area (Å²) in [6, 6.07) is 0. The van der Waals surface area contributed by atoms with Crippen LogP contribution in [0, 0.1) is 0 Å². The van der Waals surface area contributed by atoms with E-state index in [1.165, 1.54) is 19.3 Å². The van der Waals surface area contributed by atoms with Gasteiger partial charge in [0.05, 0.1) is 6.10 Å². The molecule has 1 rings (SSSR count). The predicted molar refractivity (Wildman–Crippen MR) is 60.7 cm³/mol. The van der Waals surface area contributed by atoms with Gasteiger partial charge in [0.15, 0.2) is 0 Å². The van der Waals surface area contributed by atoms with Crippen LogP contribution >= 0.6 is 0 Å². The number of nitrogens with one attached hydrogen (secondary N) is 1. The molecule has 1 aliphatic carbocycles. The maximum atomic E-state index is 11.6. The Morgan fingerprint density at radius 1 is 1.33 bits per heavy atom. The van der Waals surface area contributed by atoms with E-state index in [1.807, 2.05) is 13.8 Å². The lowest BCUT2D eigenvalue weighted by atomic mass is 9.97. The third kappa shape index (κ3) is 4.20. The number of rotatable bonds is 5. The van der Waals surface area contributed by atoms with Gasteiger partial charge in [0.25, 0.3) is 0 Å². The largest absolute Gasteiger partial charge is 0.365 e. The maximum absolute atomic E-state index is 11.6. The van der Waals surface area contributed by atoms with E-state index >= 15 is 0 Å². The zero-order valence-corrected chi connectivity index (χ0v) is 9.92. The minimum atomic E-state index is -0.243. The second kappa shape index (κ2) is 6.83. The molecule has 3 heteroatoms. The molecule has 1 atom stereocenters. The van der Waals surface area contributed by atoms with Crippen molar-refractivity contribution in [3.63, 3.8) is 0 Å². The van der Waals surface area contributed by atoms with Crippen LogP contribution in [0.5, 0.6) is 0 Å². The molecular weight excluding hydrogens is 190 g/mol. The summed E-state index contributed by atoms with van der Waals surface area (Å²) < 4.78 is 5.84. The molecule has 15 heavy (non-hydrogen) atoms. The summed E-state index contributed by atoms with van der Waals surface area (Å²) in [7, 11) is 0. The Balaban J connectivity index is 2.34. The van der Waals surface area contributed by atoms with Gasteiger partial charge < -0.3 is 10.1 Å². The molecule has 0 unspecified atom stereocenters. The Bertz CT molecular complexity index is 188. The first-order valence-electron chi connectivity index (χ1n) is 6.21. The first-order chi connectivity index (χ1) is 7.27. The summed E-state index contributed by atoms with van der Waals surface area (Å²) in [6.45, 7) is 4.62. The lowest BCUT2D eigenvalue weighted by molar-refractivity contribution is -0.138. The molecule has 1 amide bonds. The molecule has 0 bridgehead atoms. The van der Waals surface area contributed by atoms with E-state index in [2.05, 4.69) is 5.32 Å². The normalized spacial score (nSPS) is 19.9. The van der Waals surface area contributed by atoms with E-state index < -0.39 is 0 Å². The quantitative estimate of drug-likeness (QED) is 0.760. The fourth-order valence-corrected chi connectivity index (χ4v) is 2.07. The lowest BCUT2D eigenvalue weighted by Crippen LogP contribution is -2.38. The zero-order chi connectivity index (χ0) is 11.1. The van der Waals surface area contributed by atoms with Crippen molar-refractivity contribution in [2.24, 2.45) is 0 Å². The van der Waals surface area contributed by atoms with Gasteiger partial charge in [0.2, 0.25) is 5.91 Å². The summed E-state index contributed by atoms with van der Waals surface area (Å²) in [5.41, 5.74) is 0. The van der Waals surface area contributed by atoms with Crippen LogP contribution in [-0.2, 0) is 9.53 Å². The molecule has 0 aromatic heterocycles. The van der Waals surface area contributed by atoms with Gasteiger partial charge in [-0.15, -0.1) is 0 Å². The Hall–Kier alpha value is -0.570. The Morgan fingerprint density at radius 2 is 2.00 bits per heavy atom. The number of amides is 1. The summed E-state index contributed by atoms with van der Waals surface area (Å²) in [5, 5.41) is 2.82. The van der Waals surface area contributed by atoms with E-state index in [1.54, 1.807) is 0 Å². The van der Waals surface area contributed by atoms with Gasteiger partial charge in [-0.3, -0.25) is 4.79 Å². The molecule has 0 radical (unpaired) electrons. The van der Waals surface area contributed by atoms with Crippen molar-refractivity contribution in [3.8, 4) is 0 Å². The van der Waals surface area contributed by atoms with Crippen LogP contribution in [0.2, 0.25) is 0 Å². The molecule has 88 valence electrons. The van der Waals surface area contributed by atoms with Gasteiger partial charge in [-0.25, -0.2) is 0 Å². The van der Waals surface area contributed by atoms with Crippen LogP contribution in [0.15, 0.2) is 0 Å². The lowest BCUT2D eigenvalue weighted by Gasteiger charge is -2.26. The highest BCUT2D eigenvalue weighted by Gasteiger charge is 2.22. The molecule has 1 N–H and O–H groups in total. The molecule has 0 aromatic rings. The molecule has 0 aromatic carbocycles. The zero-order valence-electron chi connectivity index (χ0n) is 9.92. The van der Waals surface area contributed by atoms with Crippen LogP contribution in [0.1, 0.15) is 52.4 Å². The van der Waals surface area contributed by atoms with Crippen molar-refractivity contribution in [2.45, 2.75) is 64.6 Å². The summed E-state index contributed by atoms with van der Waals surface area (Å²) in [6.07, 6.45) is 6.89. The summed E-state index contributed by atoms with van der Waals surface area (Å²) in [5.74, 6) is 0.0468. The summed E-state index contributed by atoms with van der Waals surface area (Å²) in [4.78, 5) is 11.6. The molecule has 0 saturated heterocycles. The van der Waals surface area contributed by atoms with Gasteiger partial charge >= 0.3 is 0 Å². The fourth-order valence-electron chi connectivity index (χ4n) is 2.07. The molecule has 3 nitrogen and oxygen atoms in total. The summed E-state index contributed by atoms with van der Waals surface area (Å²) >= 11 is 0. The van der Waals surface area contributed by atoms with E-state index in [9.17, 15) is 4.79 Å². The second-order valence-corrected chi connectivity index (χ2v) is 4.19. The molecule has 0 spiro atoms. The molecule has 0 aliphatic heterocycles. The van der Waals surface area contributed by atoms with Gasteiger partial charge in [-0.1, -0.05) is 26.2 Å². The second-order valence-electron chi connectivity index (χ2n) is 4.19. The number of carbonyl (C=O) groups excluding carboxylic acids is 1. The Labute approximate surface area is 92.6 Å². The van der Waals surface area contributed by atoms with E-state index in [-0.39, 0.29) is 12.0 Å². The van der Waals surface area contributed by atoms with Crippen LogP contribution in [0.25, 0.3) is 0 Å². The van der Waals surface area contributed by atoms with Crippen LogP contribution in [0.3, 0.4) is 0 Å². The minimum absolute atomic E-state index is 0.0468. The molecule has 1 aliphatic rings. The number of hydrogen-bond acceptors (Lipinski definition) is 2. The van der Waals surface area contributed by atoms with E-state index in [4.69, 9.17) is 4.74 Å². The van der Waals surface area contributed by atoms with Crippen LogP contribution < -0.4 is 5.32 Å². The highest BCUT2D eigenvalue weighted by Crippen LogP contribution is 2.22. The SMILES string of the molecule is CCNC(=O)[C@@H](CC)OC1CCCCC1. The smallest absolute Gasteiger partial charge is 0.249 e. The van der Waals surface area contributed by atoms with Gasteiger partial charge in [0, 0.05) is 6.54 Å². The average molecular weight is 213 g/mol. The number of ether oxygens (including phenoxy) is 1. The van der Waals surface area contributed by atoms with Crippen molar-refractivity contribution < 1.29 is 9.53 Å². The van der Waals surface area contributed by atoms with E-state index in [0.29, 0.717) is 12.6 Å². The third-order valence-electron chi connectivity index (χ3n) is 2.92. The first kappa shape index (κ1) is 12.5. The van der Waals surface area contributed by atoms with Crippen molar-refractivity contribution in [1.82, 2.24) is 5.32 Å². The van der Waals surface area contributed by atoms with Gasteiger partial charge in [-0.05, 0) is 26.2 Å². The topological polar surface area (TPSA) is 38.3 Å². The predicted octanol–water partition coefficient (Wildman–Crippen LogP) is 2.25. The Morgan fingerprint density at radius 3 is 2.53 bits per heavy atom. The third-order valence-corrected chi connectivity index (χ3v) is 2.92. The van der Waals surface area contributed by atoms with E-state index in [0.717, 1.165) is 19.3 Å². The fraction of sp³-hybridized carbons (Fsp3) is 0.917. The van der Waals surface area contributed by atoms with Gasteiger partial charge in [0.1, 0.15) is 6.10 Å². The van der Waals surface area contributed by atoms with Crippen molar-refractivity contribution in [2.75, 3.05) is 6.54 Å². The number of hydrogen-bond donors (Lipinski definition) is 1. The molecule has 0 heterocycles. The molecule has 1 saturated carbocycles. The number of likely N-dealkylation sites (N-methyl/N-ethyl adjacent to an activating group) is 1. The Kier molecular flexibility index (Phi) is 5.69. The highest BCUT2D eigenvalue weighted by atomic mass is 16.5. The van der Waals surface area contributed by atoms with Gasteiger partial charge in [-0.2, -0.15) is 0 Å². The van der Waals surface area contributed by atoms with Crippen molar-refractivity contribution in [1.29, 1.82) is 0 Å². The van der Waals surface area contributed by atoms with Crippen LogP contribution in [0.4, 0.5) is 0 Å². The maximum Gasteiger partial charge on any atom is 0.249 e. The average Bonchev–Trinajstić information content (AvgIpc) is 2.27. The van der Waals surface area contributed by atoms with Crippen LogP contribution in [-0.4, -0.2) is 24.7 Å². The molecular formula is C12H23NO2. The standard InChI is InChI=1S/C12H23NO2/c1-3-11(12(14)13-4-2)15-10-8-6-5-7-9-10/h10-11H,3-9H2,1-2H3,(H,13,14)/t11-/m1/s1. The first-order valence-corrected chi connectivity index (χ1v) is 6.21.